The summed E-state index contributed by atoms with van der Waals surface area (Å²) in [6.07, 6.45) is 2.11. The van der Waals surface area contributed by atoms with Gasteiger partial charge in [-0.1, -0.05) is 24.0 Å². The van der Waals surface area contributed by atoms with Crippen molar-refractivity contribution in [2.45, 2.75) is 37.8 Å². The van der Waals surface area contributed by atoms with Gasteiger partial charge in [0.25, 0.3) is 0 Å². The molecule has 28 heavy (non-hydrogen) atoms. The topological polar surface area (TPSA) is 0 Å². The second-order valence-electron chi connectivity index (χ2n) is 6.71. The first-order valence-corrected chi connectivity index (χ1v) is 9.10. The molecule has 0 spiro atoms. The fourth-order valence-electron chi connectivity index (χ4n) is 3.12. The third-order valence-electron chi connectivity index (χ3n) is 4.71. The molecule has 3 rings (SSSR count). The Morgan fingerprint density at radius 3 is 1.68 bits per heavy atom. The van der Waals surface area contributed by atoms with E-state index in [1.54, 1.807) is 12.1 Å². The third-order valence-corrected chi connectivity index (χ3v) is 4.71. The van der Waals surface area contributed by atoms with Crippen LogP contribution < -0.4 is 0 Å². The number of benzene rings is 2. The van der Waals surface area contributed by atoms with E-state index in [1.165, 1.54) is 24.3 Å². The van der Waals surface area contributed by atoms with Crippen molar-refractivity contribution in [2.75, 3.05) is 0 Å². The van der Waals surface area contributed by atoms with Gasteiger partial charge >= 0.3 is 0 Å². The molecule has 2 aromatic rings. The molecule has 4 heteroatoms. The van der Waals surface area contributed by atoms with E-state index in [1.807, 2.05) is 18.1 Å². The lowest BCUT2D eigenvalue weighted by Gasteiger charge is -2.24. The summed E-state index contributed by atoms with van der Waals surface area (Å²) in [7, 11) is 0. The maximum atomic E-state index is 13.8. The largest absolute Gasteiger partial charge is 0.247 e. The van der Waals surface area contributed by atoms with Crippen LogP contribution in [0.3, 0.4) is 0 Å². The van der Waals surface area contributed by atoms with Gasteiger partial charge in [0.15, 0.2) is 0 Å². The minimum Gasteiger partial charge on any atom is -0.247 e. The molecule has 0 aliphatic heterocycles. The number of allylic oxidation sites excluding steroid dienone is 2. The molecule has 0 nitrogen and oxygen atoms in total. The quantitative estimate of drug-likeness (QED) is 0.397. The Kier molecular flexibility index (Phi) is 6.56. The Morgan fingerprint density at radius 1 is 0.714 bits per heavy atom. The summed E-state index contributed by atoms with van der Waals surface area (Å²) in [4.78, 5) is 0. The maximum Gasteiger partial charge on any atom is 0.217 e. The van der Waals surface area contributed by atoms with Crippen molar-refractivity contribution in [1.29, 1.82) is 0 Å². The Bertz CT molecular complexity index is 956. The predicted molar refractivity (Wildman–Crippen MR) is 102 cm³/mol. The van der Waals surface area contributed by atoms with Crippen LogP contribution in [0.4, 0.5) is 17.6 Å². The Hall–Kier alpha value is -2.98. The molecule has 1 saturated carbocycles. The molecule has 0 radical (unpaired) electrons. The van der Waals surface area contributed by atoms with Crippen LogP contribution in [0.1, 0.15) is 48.3 Å². The molecule has 0 bridgehead atoms. The first-order chi connectivity index (χ1) is 13.5. The number of alkyl halides is 1. The average molecular weight is 382 g/mol. The van der Waals surface area contributed by atoms with Gasteiger partial charge < -0.3 is 0 Å². The van der Waals surface area contributed by atoms with E-state index >= 15 is 0 Å². The molecular weight excluding hydrogens is 364 g/mol. The summed E-state index contributed by atoms with van der Waals surface area (Å²) in [6, 6.07) is 12.4. The van der Waals surface area contributed by atoms with Gasteiger partial charge in [-0.15, -0.1) is 0 Å². The number of hydrogen-bond donors (Lipinski definition) is 0. The number of halogens is 4. The van der Waals surface area contributed by atoms with E-state index in [0.717, 1.165) is 18.4 Å². The van der Waals surface area contributed by atoms with Crippen molar-refractivity contribution >= 4 is 0 Å². The Balaban J connectivity index is 1.66. The van der Waals surface area contributed by atoms with E-state index in [4.69, 9.17) is 0 Å². The molecule has 0 N–H and O–H groups in total. The van der Waals surface area contributed by atoms with Crippen molar-refractivity contribution in [3.05, 3.63) is 82.7 Å². The van der Waals surface area contributed by atoms with Crippen LogP contribution >= 0.6 is 0 Å². The van der Waals surface area contributed by atoms with Crippen molar-refractivity contribution < 1.29 is 17.6 Å². The molecule has 2 aromatic carbocycles. The Morgan fingerprint density at radius 2 is 1.18 bits per heavy atom. The maximum absolute atomic E-state index is 13.8. The normalized spacial score (nSPS) is 19.6. The molecule has 0 atom stereocenters. The van der Waals surface area contributed by atoms with E-state index in [-0.39, 0.29) is 0 Å². The van der Waals surface area contributed by atoms with Crippen molar-refractivity contribution in [3.63, 3.8) is 0 Å². The first kappa shape index (κ1) is 19.8. The highest BCUT2D eigenvalue weighted by atomic mass is 19.2. The van der Waals surface area contributed by atoms with E-state index in [9.17, 15) is 17.6 Å². The molecule has 0 heterocycles. The summed E-state index contributed by atoms with van der Waals surface area (Å²) < 4.78 is 53.5. The molecule has 0 saturated heterocycles. The average Bonchev–Trinajstić information content (AvgIpc) is 2.72. The zero-order valence-electron chi connectivity index (χ0n) is 15.1. The fourth-order valence-corrected chi connectivity index (χ4v) is 3.12. The summed E-state index contributed by atoms with van der Waals surface area (Å²) in [5.41, 5.74) is 2.04. The second kappa shape index (κ2) is 9.29. The van der Waals surface area contributed by atoms with Crippen LogP contribution in [0.25, 0.3) is 0 Å². The minimum atomic E-state index is -1.27. The van der Waals surface area contributed by atoms with Crippen molar-refractivity contribution in [1.82, 2.24) is 0 Å². The summed E-state index contributed by atoms with van der Waals surface area (Å²) in [6.45, 7) is 0. The summed E-state index contributed by atoms with van der Waals surface area (Å²) >= 11 is 0. The van der Waals surface area contributed by atoms with Gasteiger partial charge in [-0.05, 0) is 85.4 Å². The summed E-state index contributed by atoms with van der Waals surface area (Å²) in [5, 5.41) is 0. The predicted octanol–water partition coefficient (Wildman–Crippen LogP) is 6.38. The molecule has 0 aromatic heterocycles. The lowest BCUT2D eigenvalue weighted by molar-refractivity contribution is 0.235. The molecule has 0 amide bonds. The van der Waals surface area contributed by atoms with Gasteiger partial charge in [0.05, 0.1) is 0 Å². The van der Waals surface area contributed by atoms with Crippen molar-refractivity contribution in [2.24, 2.45) is 0 Å². The van der Waals surface area contributed by atoms with Crippen LogP contribution in [0.2, 0.25) is 0 Å². The van der Waals surface area contributed by atoms with Gasteiger partial charge in [0.1, 0.15) is 12.0 Å². The molecule has 1 aliphatic carbocycles. The van der Waals surface area contributed by atoms with Crippen LogP contribution in [0, 0.1) is 29.5 Å². The smallest absolute Gasteiger partial charge is 0.217 e. The van der Waals surface area contributed by atoms with Gasteiger partial charge in [-0.25, -0.2) is 8.78 Å². The highest BCUT2D eigenvalue weighted by Crippen LogP contribution is 2.34. The van der Waals surface area contributed by atoms with E-state index in [0.29, 0.717) is 29.9 Å². The zero-order chi connectivity index (χ0) is 19.9. The van der Waals surface area contributed by atoms with Crippen LogP contribution in [0.5, 0.6) is 0 Å². The standard InChI is InChI=1S/C24H18F4/c25-21-11-3-18(4-12-21)6-16-24(28)23(27)15-5-17-1-7-19(8-2-17)20-9-13-22(26)14-10-20/h1-4,7-8,11-12,20,22H,9-10,13-14H2. The minimum absolute atomic E-state index is 0.338. The Labute approximate surface area is 162 Å². The zero-order valence-corrected chi connectivity index (χ0v) is 15.1. The summed E-state index contributed by atoms with van der Waals surface area (Å²) in [5.74, 6) is 6.54. The lowest BCUT2D eigenvalue weighted by atomic mass is 9.83. The van der Waals surface area contributed by atoms with E-state index < -0.39 is 23.6 Å². The third kappa shape index (κ3) is 5.51. The van der Waals surface area contributed by atoms with E-state index in [2.05, 4.69) is 17.8 Å². The van der Waals surface area contributed by atoms with Crippen molar-refractivity contribution in [3.8, 4) is 23.7 Å². The van der Waals surface area contributed by atoms with Gasteiger partial charge in [-0.2, -0.15) is 8.78 Å². The van der Waals surface area contributed by atoms with Gasteiger partial charge in [0.2, 0.25) is 11.7 Å². The molecular formula is C24H18F4. The van der Waals surface area contributed by atoms with Crippen LogP contribution in [-0.4, -0.2) is 6.17 Å². The van der Waals surface area contributed by atoms with Gasteiger partial charge in [0, 0.05) is 11.1 Å². The monoisotopic (exact) mass is 382 g/mol. The second-order valence-corrected chi connectivity index (χ2v) is 6.71. The van der Waals surface area contributed by atoms with Crippen LogP contribution in [-0.2, 0) is 0 Å². The SMILES string of the molecule is FC(C#Cc1ccc(F)cc1)=C(F)C#Cc1ccc(C2CCC(F)CC2)cc1. The van der Waals surface area contributed by atoms with Gasteiger partial charge in [-0.3, -0.25) is 0 Å². The fraction of sp³-hybridized carbons (Fsp3) is 0.250. The highest BCUT2D eigenvalue weighted by Gasteiger charge is 2.21. The molecule has 1 aliphatic rings. The highest BCUT2D eigenvalue weighted by molar-refractivity contribution is 5.45. The number of hydrogen-bond acceptors (Lipinski definition) is 0. The first-order valence-electron chi connectivity index (χ1n) is 9.10. The number of rotatable bonds is 1. The lowest BCUT2D eigenvalue weighted by Crippen LogP contribution is -2.13. The van der Waals surface area contributed by atoms with Crippen LogP contribution in [0.15, 0.2) is 60.2 Å². The molecule has 142 valence electrons. The molecule has 1 fully saturated rings. The molecule has 0 unspecified atom stereocenters.